The first-order chi connectivity index (χ1) is 7.68. The van der Waals surface area contributed by atoms with Crippen LogP contribution in [-0.2, 0) is 4.79 Å². The minimum Gasteiger partial charge on any atom is -0.314 e. The molecule has 1 fully saturated rings. The van der Waals surface area contributed by atoms with E-state index >= 15 is 0 Å². The van der Waals surface area contributed by atoms with Crippen molar-refractivity contribution in [1.29, 1.82) is 0 Å². The molecule has 0 radical (unpaired) electrons. The van der Waals surface area contributed by atoms with Gasteiger partial charge in [-0.1, -0.05) is 17.7 Å². The molecule has 1 N–H and O–H groups in total. The Hall–Kier alpha value is -1.35. The van der Waals surface area contributed by atoms with Crippen molar-refractivity contribution < 1.29 is 4.79 Å². The van der Waals surface area contributed by atoms with E-state index in [2.05, 4.69) is 5.32 Å². The normalized spacial score (nSPS) is 19.8. The predicted octanol–water partition coefficient (Wildman–Crippen LogP) is 1.71. The summed E-state index contributed by atoms with van der Waals surface area (Å²) in [5.41, 5.74) is 2.17. The Labute approximate surface area is 96.5 Å². The zero-order valence-electron chi connectivity index (χ0n) is 9.86. The number of anilines is 1. The lowest BCUT2D eigenvalue weighted by Crippen LogP contribution is -2.41. The van der Waals surface area contributed by atoms with Crippen LogP contribution in [0.25, 0.3) is 0 Å². The molecule has 3 heteroatoms. The molecular formula is C13H18N2O. The number of rotatable bonds is 2. The molecule has 1 heterocycles. The summed E-state index contributed by atoms with van der Waals surface area (Å²) in [5, 5.41) is 3.23. The van der Waals surface area contributed by atoms with Crippen LogP contribution in [-0.4, -0.2) is 25.5 Å². The van der Waals surface area contributed by atoms with E-state index in [0.717, 1.165) is 25.1 Å². The largest absolute Gasteiger partial charge is 0.314 e. The van der Waals surface area contributed by atoms with Crippen molar-refractivity contribution in [3.63, 3.8) is 0 Å². The van der Waals surface area contributed by atoms with Crippen molar-refractivity contribution in [2.45, 2.75) is 25.8 Å². The van der Waals surface area contributed by atoms with Gasteiger partial charge in [-0.15, -0.1) is 0 Å². The summed E-state index contributed by atoms with van der Waals surface area (Å²) >= 11 is 0. The lowest BCUT2D eigenvalue weighted by atomic mass is 10.1. The average Bonchev–Trinajstić information content (AvgIpc) is 2.81. The molecular weight excluding hydrogens is 200 g/mol. The first kappa shape index (κ1) is 11.1. The Morgan fingerprint density at radius 2 is 2.06 bits per heavy atom. The standard InChI is InChI=1S/C13H18N2O/c1-10-5-7-11(8-6-10)15(2)13(16)12-4-3-9-14-12/h5-8,12,14H,3-4,9H2,1-2H3/t12-/m1/s1. The molecule has 1 aliphatic rings. The van der Waals surface area contributed by atoms with Crippen LogP contribution in [0.15, 0.2) is 24.3 Å². The minimum atomic E-state index is 0.00584. The Kier molecular flexibility index (Phi) is 3.25. The Bertz CT molecular complexity index is 366. The van der Waals surface area contributed by atoms with Crippen molar-refractivity contribution in [3.05, 3.63) is 29.8 Å². The predicted molar refractivity (Wildman–Crippen MR) is 65.6 cm³/mol. The van der Waals surface area contributed by atoms with Crippen LogP contribution in [0.5, 0.6) is 0 Å². The third kappa shape index (κ3) is 2.25. The highest BCUT2D eigenvalue weighted by Gasteiger charge is 2.25. The molecule has 0 aliphatic carbocycles. The van der Waals surface area contributed by atoms with E-state index in [4.69, 9.17) is 0 Å². The van der Waals surface area contributed by atoms with Crippen LogP contribution in [0.2, 0.25) is 0 Å². The molecule has 1 aromatic rings. The van der Waals surface area contributed by atoms with Crippen LogP contribution in [0.1, 0.15) is 18.4 Å². The molecule has 0 aromatic heterocycles. The molecule has 16 heavy (non-hydrogen) atoms. The minimum absolute atomic E-state index is 0.00584. The second-order valence-electron chi connectivity index (χ2n) is 4.38. The van der Waals surface area contributed by atoms with Gasteiger partial charge < -0.3 is 10.2 Å². The lowest BCUT2D eigenvalue weighted by molar-refractivity contribution is -0.119. The fraction of sp³-hybridized carbons (Fsp3) is 0.462. The number of aryl methyl sites for hydroxylation is 1. The highest BCUT2D eigenvalue weighted by atomic mass is 16.2. The van der Waals surface area contributed by atoms with Crippen molar-refractivity contribution in [2.75, 3.05) is 18.5 Å². The van der Waals surface area contributed by atoms with Crippen molar-refractivity contribution in [3.8, 4) is 0 Å². The molecule has 0 unspecified atom stereocenters. The molecule has 0 bridgehead atoms. The maximum absolute atomic E-state index is 12.1. The number of carbonyl (C=O) groups is 1. The van der Waals surface area contributed by atoms with Crippen molar-refractivity contribution in [2.24, 2.45) is 0 Å². The summed E-state index contributed by atoms with van der Waals surface area (Å²) in [4.78, 5) is 13.8. The third-order valence-corrected chi connectivity index (χ3v) is 3.11. The van der Waals surface area contributed by atoms with Crippen LogP contribution < -0.4 is 10.2 Å². The van der Waals surface area contributed by atoms with E-state index in [0.29, 0.717) is 0 Å². The monoisotopic (exact) mass is 218 g/mol. The van der Waals surface area contributed by atoms with Crippen molar-refractivity contribution in [1.82, 2.24) is 5.32 Å². The molecule has 3 nitrogen and oxygen atoms in total. The van der Waals surface area contributed by atoms with Gasteiger partial charge >= 0.3 is 0 Å². The summed E-state index contributed by atoms with van der Waals surface area (Å²) in [6, 6.07) is 8.04. The summed E-state index contributed by atoms with van der Waals surface area (Å²) in [6.07, 6.45) is 2.05. The van der Waals surface area contributed by atoms with E-state index in [1.807, 2.05) is 38.2 Å². The highest BCUT2D eigenvalue weighted by Crippen LogP contribution is 2.16. The van der Waals surface area contributed by atoms with E-state index in [1.54, 1.807) is 4.90 Å². The molecule has 2 rings (SSSR count). The van der Waals surface area contributed by atoms with Crippen LogP contribution in [0.4, 0.5) is 5.69 Å². The number of nitrogens with zero attached hydrogens (tertiary/aromatic N) is 1. The van der Waals surface area contributed by atoms with Gasteiger partial charge in [-0.3, -0.25) is 4.79 Å². The smallest absolute Gasteiger partial charge is 0.243 e. The topological polar surface area (TPSA) is 32.3 Å². The van der Waals surface area contributed by atoms with Crippen LogP contribution >= 0.6 is 0 Å². The van der Waals surface area contributed by atoms with Gasteiger partial charge in [0.2, 0.25) is 5.91 Å². The zero-order chi connectivity index (χ0) is 11.5. The Morgan fingerprint density at radius 3 is 2.62 bits per heavy atom. The van der Waals surface area contributed by atoms with E-state index in [9.17, 15) is 4.79 Å². The maximum Gasteiger partial charge on any atom is 0.243 e. The first-order valence-electron chi connectivity index (χ1n) is 5.76. The van der Waals surface area contributed by atoms with Gasteiger partial charge in [0.1, 0.15) is 0 Å². The average molecular weight is 218 g/mol. The summed E-state index contributed by atoms with van der Waals surface area (Å²) in [6.45, 7) is 3.00. The highest BCUT2D eigenvalue weighted by molar-refractivity contribution is 5.96. The second-order valence-corrected chi connectivity index (χ2v) is 4.38. The fourth-order valence-corrected chi connectivity index (χ4v) is 2.02. The van der Waals surface area contributed by atoms with Gasteiger partial charge in [-0.2, -0.15) is 0 Å². The zero-order valence-corrected chi connectivity index (χ0v) is 9.86. The number of likely N-dealkylation sites (N-methyl/N-ethyl adjacent to an activating group) is 1. The molecule has 86 valence electrons. The Morgan fingerprint density at radius 1 is 1.38 bits per heavy atom. The molecule has 1 aromatic carbocycles. The number of hydrogen-bond donors (Lipinski definition) is 1. The molecule has 1 atom stereocenters. The SMILES string of the molecule is Cc1ccc(N(C)C(=O)[C@H]2CCCN2)cc1. The van der Waals surface area contributed by atoms with Crippen molar-refractivity contribution >= 4 is 11.6 Å². The van der Waals surface area contributed by atoms with Crippen LogP contribution in [0.3, 0.4) is 0 Å². The van der Waals surface area contributed by atoms with E-state index in [-0.39, 0.29) is 11.9 Å². The van der Waals surface area contributed by atoms with E-state index < -0.39 is 0 Å². The van der Waals surface area contributed by atoms with Gasteiger partial charge in [0.15, 0.2) is 0 Å². The number of amides is 1. The number of carbonyl (C=O) groups excluding carboxylic acids is 1. The number of benzene rings is 1. The van der Waals surface area contributed by atoms with Gasteiger partial charge in [0, 0.05) is 12.7 Å². The number of hydrogen-bond acceptors (Lipinski definition) is 2. The third-order valence-electron chi connectivity index (χ3n) is 3.11. The number of nitrogens with one attached hydrogen (secondary N) is 1. The van der Waals surface area contributed by atoms with E-state index in [1.165, 1.54) is 5.56 Å². The van der Waals surface area contributed by atoms with Gasteiger partial charge in [0.05, 0.1) is 6.04 Å². The molecule has 0 saturated carbocycles. The van der Waals surface area contributed by atoms with Crippen LogP contribution in [0, 0.1) is 6.92 Å². The van der Waals surface area contributed by atoms with Gasteiger partial charge in [0.25, 0.3) is 0 Å². The molecule has 1 saturated heterocycles. The van der Waals surface area contributed by atoms with Gasteiger partial charge in [-0.25, -0.2) is 0 Å². The fourth-order valence-electron chi connectivity index (χ4n) is 2.02. The second kappa shape index (κ2) is 4.66. The summed E-state index contributed by atoms with van der Waals surface area (Å²) in [5.74, 6) is 0.168. The molecule has 1 aliphatic heterocycles. The first-order valence-corrected chi connectivity index (χ1v) is 5.76. The molecule has 0 spiro atoms. The Balaban J connectivity index is 2.08. The quantitative estimate of drug-likeness (QED) is 0.819. The summed E-state index contributed by atoms with van der Waals surface area (Å²) < 4.78 is 0. The maximum atomic E-state index is 12.1. The molecule has 1 amide bonds. The lowest BCUT2D eigenvalue weighted by Gasteiger charge is -2.21. The summed E-state index contributed by atoms with van der Waals surface area (Å²) in [7, 11) is 1.84. The van der Waals surface area contributed by atoms with Gasteiger partial charge in [-0.05, 0) is 38.4 Å².